The molecule has 9 heteroatoms. The molecule has 1 aromatic heterocycles. The summed E-state index contributed by atoms with van der Waals surface area (Å²) >= 11 is 1.03. The smallest absolute Gasteiger partial charge is 0.306 e. The topological polar surface area (TPSA) is 77.5 Å². The minimum Gasteiger partial charge on any atom is -0.383 e. The van der Waals surface area contributed by atoms with E-state index in [1.807, 2.05) is 0 Å². The van der Waals surface area contributed by atoms with Crippen molar-refractivity contribution in [1.82, 2.24) is 0 Å². The number of rotatable bonds is 4. The first-order chi connectivity index (χ1) is 9.15. The number of hydrogen-bond acceptors (Lipinski definition) is 6. The van der Waals surface area contributed by atoms with Crippen molar-refractivity contribution in [1.29, 1.82) is 0 Å². The van der Waals surface area contributed by atoms with E-state index >= 15 is 0 Å². The highest BCUT2D eigenvalue weighted by Crippen LogP contribution is 2.33. The van der Waals surface area contributed by atoms with Gasteiger partial charge in [-0.2, -0.15) is 8.42 Å². The lowest BCUT2D eigenvalue weighted by Crippen LogP contribution is -2.05. The van der Waals surface area contributed by atoms with Crippen molar-refractivity contribution in [2.24, 2.45) is 0 Å². The van der Waals surface area contributed by atoms with E-state index < -0.39 is 19.2 Å². The Balaban J connectivity index is 2.29. The fourth-order valence-corrected chi connectivity index (χ4v) is 4.00. The van der Waals surface area contributed by atoms with Crippen LogP contribution in [0.25, 0.3) is 10.4 Å². The molecule has 0 fully saturated rings. The Bertz CT molecular complexity index is 819. The highest BCUT2D eigenvalue weighted by atomic mass is 35.7. The first-order valence-corrected chi connectivity index (χ1v) is 10.1. The van der Waals surface area contributed by atoms with Gasteiger partial charge in [0.25, 0.3) is 9.05 Å². The predicted molar refractivity (Wildman–Crippen MR) is 78.3 cm³/mol. The molecular formula is C11H9ClO5S3. The van der Waals surface area contributed by atoms with Gasteiger partial charge in [0.05, 0.1) is 6.26 Å². The first-order valence-electron chi connectivity index (χ1n) is 5.19. The molecule has 0 saturated heterocycles. The van der Waals surface area contributed by atoms with Crippen molar-refractivity contribution in [3.05, 3.63) is 36.4 Å². The van der Waals surface area contributed by atoms with Crippen LogP contribution >= 0.6 is 22.0 Å². The molecule has 1 heterocycles. The van der Waals surface area contributed by atoms with Crippen molar-refractivity contribution >= 4 is 41.2 Å². The molecule has 2 rings (SSSR count). The van der Waals surface area contributed by atoms with E-state index in [1.54, 1.807) is 18.2 Å². The minimum absolute atomic E-state index is 0.0608. The molecule has 1 aromatic carbocycles. The largest absolute Gasteiger partial charge is 0.383 e. The molecule has 0 aliphatic rings. The summed E-state index contributed by atoms with van der Waals surface area (Å²) in [6, 6.07) is 9.31. The van der Waals surface area contributed by atoms with Crippen LogP contribution in [0.3, 0.4) is 0 Å². The molecule has 0 saturated carbocycles. The maximum absolute atomic E-state index is 11.2. The zero-order valence-electron chi connectivity index (χ0n) is 10.1. The normalized spacial score (nSPS) is 12.3. The molecule has 0 N–H and O–H groups in total. The maximum atomic E-state index is 11.2. The monoisotopic (exact) mass is 352 g/mol. The van der Waals surface area contributed by atoms with Gasteiger partial charge in [-0.1, -0.05) is 0 Å². The van der Waals surface area contributed by atoms with Gasteiger partial charge in [0, 0.05) is 15.6 Å². The third kappa shape index (κ3) is 3.95. The molecule has 0 aliphatic carbocycles. The summed E-state index contributed by atoms with van der Waals surface area (Å²) in [7, 11) is -2.05. The van der Waals surface area contributed by atoms with Crippen LogP contribution in [0.4, 0.5) is 0 Å². The molecule has 0 unspecified atom stereocenters. The summed E-state index contributed by atoms with van der Waals surface area (Å²) in [4.78, 5) is 0.704. The fourth-order valence-electron chi connectivity index (χ4n) is 1.46. The Morgan fingerprint density at radius 2 is 1.60 bits per heavy atom. The van der Waals surface area contributed by atoms with E-state index in [9.17, 15) is 16.8 Å². The number of thiophene rings is 1. The van der Waals surface area contributed by atoms with Crippen molar-refractivity contribution in [3.63, 3.8) is 0 Å². The van der Waals surface area contributed by atoms with Gasteiger partial charge in [0.15, 0.2) is 0 Å². The zero-order chi connectivity index (χ0) is 15.0. The SMILES string of the molecule is CS(=O)(=O)Oc1ccc(-c2ccc(S(=O)(=O)Cl)s2)cc1. The summed E-state index contributed by atoms with van der Waals surface area (Å²) in [6.45, 7) is 0. The van der Waals surface area contributed by atoms with Crippen LogP contribution in [0.1, 0.15) is 0 Å². The number of benzene rings is 1. The van der Waals surface area contributed by atoms with E-state index in [4.69, 9.17) is 14.9 Å². The summed E-state index contributed by atoms with van der Waals surface area (Å²) in [5.41, 5.74) is 0.738. The van der Waals surface area contributed by atoms with Crippen LogP contribution in [0.15, 0.2) is 40.6 Å². The number of hydrogen-bond donors (Lipinski definition) is 0. The molecule has 0 amide bonds. The van der Waals surface area contributed by atoms with Gasteiger partial charge in [-0.25, -0.2) is 8.42 Å². The Kier molecular flexibility index (Phi) is 4.10. The standard InChI is InChI=1S/C11H9ClO5S3/c1-19(13,14)17-9-4-2-8(3-5-9)10-6-7-11(18-10)20(12,15)16/h2-7H,1H3. The van der Waals surface area contributed by atoms with Gasteiger partial charge < -0.3 is 4.18 Å². The predicted octanol–water partition coefficient (Wildman–Crippen LogP) is 2.68. The molecule has 0 radical (unpaired) electrons. The van der Waals surface area contributed by atoms with Crippen molar-refractivity contribution < 1.29 is 21.0 Å². The van der Waals surface area contributed by atoms with Crippen LogP contribution in [0.2, 0.25) is 0 Å². The first kappa shape index (κ1) is 15.3. The number of halogens is 1. The van der Waals surface area contributed by atoms with Gasteiger partial charge in [-0.3, -0.25) is 0 Å². The third-order valence-electron chi connectivity index (χ3n) is 2.21. The molecule has 0 bridgehead atoms. The third-order valence-corrected chi connectivity index (χ3v) is 5.93. The van der Waals surface area contributed by atoms with E-state index in [2.05, 4.69) is 0 Å². The highest BCUT2D eigenvalue weighted by molar-refractivity contribution is 8.15. The van der Waals surface area contributed by atoms with E-state index in [0.717, 1.165) is 23.2 Å². The van der Waals surface area contributed by atoms with E-state index in [1.165, 1.54) is 18.2 Å². The molecular weight excluding hydrogens is 344 g/mol. The Morgan fingerprint density at radius 3 is 2.05 bits per heavy atom. The Morgan fingerprint density at radius 1 is 1.00 bits per heavy atom. The highest BCUT2D eigenvalue weighted by Gasteiger charge is 2.14. The maximum Gasteiger partial charge on any atom is 0.306 e. The molecule has 20 heavy (non-hydrogen) atoms. The fraction of sp³-hybridized carbons (Fsp3) is 0.0909. The summed E-state index contributed by atoms with van der Waals surface area (Å²) in [6.07, 6.45) is 0.956. The second-order valence-corrected chi connectivity index (χ2v) is 9.32. The van der Waals surface area contributed by atoms with Gasteiger partial charge in [-0.15, -0.1) is 11.3 Å². The summed E-state index contributed by atoms with van der Waals surface area (Å²) in [5, 5.41) is 0. The van der Waals surface area contributed by atoms with Gasteiger partial charge in [0.2, 0.25) is 0 Å². The van der Waals surface area contributed by atoms with Crippen molar-refractivity contribution in [2.45, 2.75) is 4.21 Å². The van der Waals surface area contributed by atoms with E-state index in [-0.39, 0.29) is 9.96 Å². The molecule has 0 spiro atoms. The Hall–Kier alpha value is -1.09. The van der Waals surface area contributed by atoms with Crippen LogP contribution in [0, 0.1) is 0 Å². The Labute approximate surface area is 125 Å². The molecule has 2 aromatic rings. The lowest BCUT2D eigenvalue weighted by atomic mass is 10.2. The van der Waals surface area contributed by atoms with Crippen LogP contribution in [-0.4, -0.2) is 23.1 Å². The minimum atomic E-state index is -3.74. The molecule has 108 valence electrons. The molecule has 0 atom stereocenters. The van der Waals surface area contributed by atoms with Gasteiger partial charge in [0.1, 0.15) is 9.96 Å². The van der Waals surface area contributed by atoms with Crippen LogP contribution in [-0.2, 0) is 19.2 Å². The lowest BCUT2D eigenvalue weighted by Gasteiger charge is -2.03. The van der Waals surface area contributed by atoms with Gasteiger partial charge in [-0.05, 0) is 42.0 Å². The molecule has 0 aliphatic heterocycles. The second-order valence-electron chi connectivity index (χ2n) is 3.87. The second kappa shape index (κ2) is 5.36. The molecule has 5 nitrogen and oxygen atoms in total. The van der Waals surface area contributed by atoms with Gasteiger partial charge >= 0.3 is 10.1 Å². The van der Waals surface area contributed by atoms with Crippen LogP contribution < -0.4 is 4.18 Å². The summed E-state index contributed by atoms with van der Waals surface area (Å²) in [5.74, 6) is 0.193. The van der Waals surface area contributed by atoms with Crippen molar-refractivity contribution in [2.75, 3.05) is 6.26 Å². The zero-order valence-corrected chi connectivity index (χ0v) is 13.3. The average Bonchev–Trinajstić information content (AvgIpc) is 2.76. The van der Waals surface area contributed by atoms with Crippen LogP contribution in [0.5, 0.6) is 5.75 Å². The van der Waals surface area contributed by atoms with E-state index in [0.29, 0.717) is 4.88 Å². The van der Waals surface area contributed by atoms with Crippen molar-refractivity contribution in [3.8, 4) is 16.2 Å². The quantitative estimate of drug-likeness (QED) is 0.624. The summed E-state index contributed by atoms with van der Waals surface area (Å²) < 4.78 is 49.1. The lowest BCUT2D eigenvalue weighted by molar-refractivity contribution is 0.493. The average molecular weight is 353 g/mol.